The smallest absolute Gasteiger partial charge is 0.133 e. The van der Waals surface area contributed by atoms with Gasteiger partial charge in [-0.05, 0) is 23.8 Å². The largest absolute Gasteiger partial charge is 0.368 e. The second-order valence-corrected chi connectivity index (χ2v) is 5.61. The van der Waals surface area contributed by atoms with Crippen LogP contribution in [0.25, 0.3) is 10.8 Å². The number of pyridine rings is 1. The third-order valence-corrected chi connectivity index (χ3v) is 3.22. The van der Waals surface area contributed by atoms with Crippen LogP contribution in [0.4, 0.5) is 5.82 Å². The van der Waals surface area contributed by atoms with Crippen molar-refractivity contribution in [1.29, 1.82) is 0 Å². The van der Waals surface area contributed by atoms with Crippen LogP contribution in [0.1, 0.15) is 20.3 Å². The van der Waals surface area contributed by atoms with E-state index in [2.05, 4.69) is 36.3 Å². The molecule has 0 fully saturated rings. The monoisotopic (exact) mass is 262 g/mol. The van der Waals surface area contributed by atoms with Crippen molar-refractivity contribution in [3.63, 3.8) is 0 Å². The van der Waals surface area contributed by atoms with Gasteiger partial charge in [0.15, 0.2) is 0 Å². The van der Waals surface area contributed by atoms with Gasteiger partial charge in [-0.15, -0.1) is 11.6 Å². The zero-order valence-electron chi connectivity index (χ0n) is 10.9. The third-order valence-electron chi connectivity index (χ3n) is 2.89. The highest BCUT2D eigenvalue weighted by Gasteiger charge is 2.08. The first-order chi connectivity index (χ1) is 8.66. The van der Waals surface area contributed by atoms with E-state index in [1.165, 1.54) is 5.39 Å². The minimum absolute atomic E-state index is 0.144. The maximum absolute atomic E-state index is 6.29. The van der Waals surface area contributed by atoms with Gasteiger partial charge in [-0.25, -0.2) is 4.98 Å². The average molecular weight is 263 g/mol. The number of nitrogens with one attached hydrogen (secondary N) is 1. The lowest BCUT2D eigenvalue weighted by Crippen LogP contribution is -2.16. The second kappa shape index (κ2) is 6.05. The Morgan fingerprint density at radius 1 is 1.22 bits per heavy atom. The fraction of sp³-hybridized carbons (Fsp3) is 0.400. The Balaban J connectivity index is 2.08. The summed E-state index contributed by atoms with van der Waals surface area (Å²) in [6.45, 7) is 5.12. The molecule has 0 amide bonds. The minimum Gasteiger partial charge on any atom is -0.368 e. The Morgan fingerprint density at radius 2 is 2.00 bits per heavy atom. The molecule has 1 unspecified atom stereocenters. The van der Waals surface area contributed by atoms with Crippen LogP contribution in [0, 0.1) is 5.92 Å². The quantitative estimate of drug-likeness (QED) is 0.813. The lowest BCUT2D eigenvalue weighted by Gasteiger charge is -2.14. The summed E-state index contributed by atoms with van der Waals surface area (Å²) in [7, 11) is 0. The summed E-state index contributed by atoms with van der Waals surface area (Å²) in [5.41, 5.74) is 0. The molecular weight excluding hydrogens is 244 g/mol. The summed E-state index contributed by atoms with van der Waals surface area (Å²) in [4.78, 5) is 4.39. The highest BCUT2D eigenvalue weighted by Crippen LogP contribution is 2.21. The van der Waals surface area contributed by atoms with Gasteiger partial charge in [-0.2, -0.15) is 0 Å². The predicted molar refractivity (Wildman–Crippen MR) is 79.3 cm³/mol. The minimum atomic E-state index is 0.144. The van der Waals surface area contributed by atoms with Crippen LogP contribution in [-0.4, -0.2) is 16.9 Å². The summed E-state index contributed by atoms with van der Waals surface area (Å²) in [5, 5.41) is 5.84. The van der Waals surface area contributed by atoms with Gasteiger partial charge in [0.05, 0.1) is 5.38 Å². The van der Waals surface area contributed by atoms with Crippen molar-refractivity contribution in [3.05, 3.63) is 36.5 Å². The van der Waals surface area contributed by atoms with E-state index in [9.17, 15) is 0 Å². The molecule has 0 saturated heterocycles. The molecular formula is C15H19ClN2. The molecule has 2 rings (SSSR count). The molecule has 0 aliphatic heterocycles. The Labute approximate surface area is 113 Å². The van der Waals surface area contributed by atoms with Crippen molar-refractivity contribution in [2.75, 3.05) is 11.9 Å². The molecule has 2 nitrogen and oxygen atoms in total. The van der Waals surface area contributed by atoms with E-state index in [4.69, 9.17) is 11.6 Å². The summed E-state index contributed by atoms with van der Waals surface area (Å²) in [6, 6.07) is 10.3. The SMILES string of the molecule is CC(C)CC(Cl)CNc1nccc2ccccc12. The molecule has 1 heterocycles. The molecule has 0 spiro atoms. The van der Waals surface area contributed by atoms with Crippen molar-refractivity contribution in [3.8, 4) is 0 Å². The second-order valence-electron chi connectivity index (χ2n) is 4.99. The number of benzene rings is 1. The zero-order valence-corrected chi connectivity index (χ0v) is 11.6. The summed E-state index contributed by atoms with van der Waals surface area (Å²) >= 11 is 6.29. The van der Waals surface area contributed by atoms with Crippen LogP contribution >= 0.6 is 11.6 Å². The summed E-state index contributed by atoms with van der Waals surface area (Å²) in [6.07, 6.45) is 2.84. The van der Waals surface area contributed by atoms with Gasteiger partial charge in [-0.1, -0.05) is 38.1 Å². The van der Waals surface area contributed by atoms with Crippen molar-refractivity contribution < 1.29 is 0 Å². The highest BCUT2D eigenvalue weighted by molar-refractivity contribution is 6.20. The average Bonchev–Trinajstić information content (AvgIpc) is 2.35. The number of hydrogen-bond donors (Lipinski definition) is 1. The van der Waals surface area contributed by atoms with Crippen molar-refractivity contribution in [2.45, 2.75) is 25.6 Å². The van der Waals surface area contributed by atoms with Gasteiger partial charge in [-0.3, -0.25) is 0 Å². The van der Waals surface area contributed by atoms with E-state index in [1.807, 2.05) is 24.4 Å². The van der Waals surface area contributed by atoms with E-state index >= 15 is 0 Å². The highest BCUT2D eigenvalue weighted by atomic mass is 35.5. The molecule has 1 aromatic carbocycles. The van der Waals surface area contributed by atoms with Crippen LogP contribution in [0.2, 0.25) is 0 Å². The third kappa shape index (κ3) is 3.36. The number of rotatable bonds is 5. The van der Waals surface area contributed by atoms with E-state index in [-0.39, 0.29) is 5.38 Å². The van der Waals surface area contributed by atoms with Gasteiger partial charge in [0, 0.05) is 18.1 Å². The molecule has 0 aliphatic rings. The first kappa shape index (κ1) is 13.2. The van der Waals surface area contributed by atoms with Gasteiger partial charge >= 0.3 is 0 Å². The Bertz CT molecular complexity index is 505. The maximum Gasteiger partial charge on any atom is 0.133 e. The number of alkyl halides is 1. The maximum atomic E-state index is 6.29. The fourth-order valence-corrected chi connectivity index (χ4v) is 2.50. The van der Waals surface area contributed by atoms with Gasteiger partial charge in [0.25, 0.3) is 0 Å². The normalized spacial score (nSPS) is 12.9. The first-order valence-electron chi connectivity index (χ1n) is 6.38. The van der Waals surface area contributed by atoms with Crippen molar-refractivity contribution in [2.24, 2.45) is 5.92 Å². The molecule has 96 valence electrons. The number of nitrogens with zero attached hydrogens (tertiary/aromatic N) is 1. The van der Waals surface area contributed by atoms with Gasteiger partial charge < -0.3 is 5.32 Å². The molecule has 0 radical (unpaired) electrons. The fourth-order valence-electron chi connectivity index (χ4n) is 2.06. The topological polar surface area (TPSA) is 24.9 Å². The van der Waals surface area contributed by atoms with E-state index in [1.54, 1.807) is 0 Å². The number of hydrogen-bond acceptors (Lipinski definition) is 2. The van der Waals surface area contributed by atoms with Crippen LogP contribution in [0.3, 0.4) is 0 Å². The summed E-state index contributed by atoms with van der Waals surface area (Å²) in [5.74, 6) is 1.54. The molecule has 1 atom stereocenters. The van der Waals surface area contributed by atoms with Crippen molar-refractivity contribution >= 4 is 28.2 Å². The molecule has 2 aromatic rings. The Hall–Kier alpha value is -1.28. The van der Waals surface area contributed by atoms with Crippen LogP contribution < -0.4 is 5.32 Å². The van der Waals surface area contributed by atoms with Gasteiger partial charge in [0.2, 0.25) is 0 Å². The molecule has 0 bridgehead atoms. The number of fused-ring (bicyclic) bond motifs is 1. The van der Waals surface area contributed by atoms with Crippen LogP contribution in [-0.2, 0) is 0 Å². The standard InChI is InChI=1S/C15H19ClN2/c1-11(2)9-13(16)10-18-15-14-6-4-3-5-12(14)7-8-17-15/h3-8,11,13H,9-10H2,1-2H3,(H,17,18). The van der Waals surface area contributed by atoms with E-state index < -0.39 is 0 Å². The molecule has 18 heavy (non-hydrogen) atoms. The molecule has 1 aromatic heterocycles. The Morgan fingerprint density at radius 3 is 2.78 bits per heavy atom. The lowest BCUT2D eigenvalue weighted by molar-refractivity contribution is 0.572. The predicted octanol–water partition coefficient (Wildman–Crippen LogP) is 4.30. The molecule has 0 aliphatic carbocycles. The van der Waals surface area contributed by atoms with Crippen LogP contribution in [0.15, 0.2) is 36.5 Å². The molecule has 0 saturated carbocycles. The number of halogens is 1. The first-order valence-corrected chi connectivity index (χ1v) is 6.82. The number of anilines is 1. The van der Waals surface area contributed by atoms with E-state index in [0.29, 0.717) is 5.92 Å². The lowest BCUT2D eigenvalue weighted by atomic mass is 10.1. The molecule has 3 heteroatoms. The van der Waals surface area contributed by atoms with E-state index in [0.717, 1.165) is 24.2 Å². The molecule has 1 N–H and O–H groups in total. The number of aromatic nitrogens is 1. The summed E-state index contributed by atoms with van der Waals surface area (Å²) < 4.78 is 0. The van der Waals surface area contributed by atoms with Gasteiger partial charge in [0.1, 0.15) is 5.82 Å². The Kier molecular flexibility index (Phi) is 4.43. The zero-order chi connectivity index (χ0) is 13.0. The van der Waals surface area contributed by atoms with Crippen LogP contribution in [0.5, 0.6) is 0 Å². The van der Waals surface area contributed by atoms with Crippen molar-refractivity contribution in [1.82, 2.24) is 4.98 Å².